The van der Waals surface area contributed by atoms with Gasteiger partial charge in [-0.3, -0.25) is 19.4 Å². The van der Waals surface area contributed by atoms with Crippen molar-refractivity contribution in [3.8, 4) is 0 Å². The Morgan fingerprint density at radius 3 is 2.42 bits per heavy atom. The number of carbonyl (C=O) groups excluding carboxylic acids is 4. The molecule has 12 nitrogen and oxygen atoms in total. The SMILES string of the molecule is CCOC(=O)CC(NC(=O)CNC(=O)c1cccc(NC(=O)NS(=O)(=O)c2ccc(C)cc2)c1)c1cccnc1. The van der Waals surface area contributed by atoms with E-state index in [1.807, 2.05) is 4.72 Å². The van der Waals surface area contributed by atoms with Crippen LogP contribution in [-0.2, 0) is 24.3 Å². The van der Waals surface area contributed by atoms with E-state index in [-0.39, 0.29) is 29.2 Å². The van der Waals surface area contributed by atoms with Gasteiger partial charge in [0.15, 0.2) is 0 Å². The number of esters is 1. The number of sulfonamides is 1. The summed E-state index contributed by atoms with van der Waals surface area (Å²) in [6.45, 7) is 3.28. The minimum absolute atomic E-state index is 0.0762. The fraction of sp³-hybridized carbons (Fsp3) is 0.222. The van der Waals surface area contributed by atoms with Crippen LogP contribution in [0.5, 0.6) is 0 Å². The number of benzene rings is 2. The molecule has 4 amide bonds. The smallest absolute Gasteiger partial charge is 0.333 e. The van der Waals surface area contributed by atoms with Crippen LogP contribution >= 0.6 is 0 Å². The zero-order valence-corrected chi connectivity index (χ0v) is 22.7. The molecular formula is C27H29N5O7S. The third kappa shape index (κ3) is 8.91. The Hall–Kier alpha value is -4.78. The predicted octanol–water partition coefficient (Wildman–Crippen LogP) is 2.44. The Morgan fingerprint density at radius 2 is 1.75 bits per heavy atom. The molecule has 40 heavy (non-hydrogen) atoms. The second kappa shape index (κ2) is 13.8. The second-order valence-electron chi connectivity index (χ2n) is 8.55. The number of nitrogens with zero attached hydrogens (tertiary/aromatic N) is 1. The van der Waals surface area contributed by atoms with Crippen LogP contribution in [0.2, 0.25) is 0 Å². The van der Waals surface area contributed by atoms with Crippen LogP contribution in [0.1, 0.15) is 40.9 Å². The summed E-state index contributed by atoms with van der Waals surface area (Å²) in [7, 11) is -4.10. The maximum absolute atomic E-state index is 12.6. The van der Waals surface area contributed by atoms with Gasteiger partial charge in [0.2, 0.25) is 5.91 Å². The van der Waals surface area contributed by atoms with Crippen molar-refractivity contribution < 1.29 is 32.3 Å². The number of hydrogen-bond acceptors (Lipinski definition) is 8. The normalized spacial score (nSPS) is 11.6. The van der Waals surface area contributed by atoms with Gasteiger partial charge in [-0.25, -0.2) is 17.9 Å². The standard InChI is InChI=1S/C27H29N5O7S/c1-3-39-25(34)15-23(20-7-5-13-28-16-20)31-24(33)17-29-26(35)19-6-4-8-21(14-19)30-27(36)32-40(37,38)22-11-9-18(2)10-12-22/h4-14,16,23H,3,15,17H2,1-2H3,(H,29,35)(H,31,33)(H2,30,32,36). The number of anilines is 1. The number of rotatable bonds is 11. The number of amides is 4. The topological polar surface area (TPSA) is 173 Å². The molecule has 0 aliphatic heterocycles. The summed E-state index contributed by atoms with van der Waals surface area (Å²) in [5.41, 5.74) is 1.72. The first-order valence-electron chi connectivity index (χ1n) is 12.2. The lowest BCUT2D eigenvalue weighted by atomic mass is 10.1. The summed E-state index contributed by atoms with van der Waals surface area (Å²) in [5.74, 6) is -1.67. The molecule has 210 valence electrons. The van der Waals surface area contributed by atoms with Gasteiger partial charge in [0.25, 0.3) is 15.9 Å². The molecule has 1 atom stereocenters. The quantitative estimate of drug-likeness (QED) is 0.256. The lowest BCUT2D eigenvalue weighted by Crippen LogP contribution is -2.39. The van der Waals surface area contributed by atoms with Crippen LogP contribution in [0, 0.1) is 6.92 Å². The number of aryl methyl sites for hydroxylation is 1. The van der Waals surface area contributed by atoms with Gasteiger partial charge in [0.1, 0.15) is 0 Å². The maximum atomic E-state index is 12.6. The van der Waals surface area contributed by atoms with E-state index < -0.39 is 46.4 Å². The first kappa shape index (κ1) is 29.8. The van der Waals surface area contributed by atoms with E-state index in [2.05, 4.69) is 20.9 Å². The molecule has 0 aliphatic carbocycles. The highest BCUT2D eigenvalue weighted by molar-refractivity contribution is 7.90. The van der Waals surface area contributed by atoms with Crippen LogP contribution in [0.4, 0.5) is 10.5 Å². The molecule has 0 aliphatic rings. The van der Waals surface area contributed by atoms with Crippen LogP contribution in [0.15, 0.2) is 78.0 Å². The van der Waals surface area contributed by atoms with E-state index in [1.165, 1.54) is 42.6 Å². The van der Waals surface area contributed by atoms with E-state index in [0.717, 1.165) is 5.56 Å². The van der Waals surface area contributed by atoms with Gasteiger partial charge in [-0.1, -0.05) is 29.8 Å². The van der Waals surface area contributed by atoms with Crippen molar-refractivity contribution in [2.75, 3.05) is 18.5 Å². The van der Waals surface area contributed by atoms with Crippen molar-refractivity contribution in [3.63, 3.8) is 0 Å². The van der Waals surface area contributed by atoms with Gasteiger partial charge in [0.05, 0.1) is 30.5 Å². The van der Waals surface area contributed by atoms with Crippen LogP contribution in [-0.4, -0.2) is 50.4 Å². The van der Waals surface area contributed by atoms with Gasteiger partial charge < -0.3 is 20.7 Å². The first-order valence-corrected chi connectivity index (χ1v) is 13.7. The van der Waals surface area contributed by atoms with Crippen LogP contribution < -0.4 is 20.7 Å². The zero-order valence-electron chi connectivity index (χ0n) is 21.8. The highest BCUT2D eigenvalue weighted by Gasteiger charge is 2.21. The maximum Gasteiger partial charge on any atom is 0.333 e. The molecule has 13 heteroatoms. The fourth-order valence-corrected chi connectivity index (χ4v) is 4.43. The molecule has 3 aromatic rings. The van der Waals surface area contributed by atoms with E-state index in [1.54, 1.807) is 44.3 Å². The number of nitrogens with one attached hydrogen (secondary N) is 4. The number of aromatic nitrogens is 1. The third-order valence-electron chi connectivity index (χ3n) is 5.45. The van der Waals surface area contributed by atoms with Crippen molar-refractivity contribution in [3.05, 3.63) is 89.7 Å². The summed E-state index contributed by atoms with van der Waals surface area (Å²) < 4.78 is 31.7. The number of hydrogen-bond donors (Lipinski definition) is 4. The minimum Gasteiger partial charge on any atom is -0.466 e. The molecule has 0 radical (unpaired) electrons. The molecule has 3 rings (SSSR count). The van der Waals surface area contributed by atoms with Crippen molar-refractivity contribution in [2.45, 2.75) is 31.2 Å². The number of carbonyl (C=O) groups is 4. The van der Waals surface area contributed by atoms with Gasteiger partial charge >= 0.3 is 12.0 Å². The van der Waals surface area contributed by atoms with Gasteiger partial charge in [-0.05, 0) is 55.8 Å². The Balaban J connectivity index is 1.57. The molecular weight excluding hydrogens is 538 g/mol. The van der Waals surface area contributed by atoms with E-state index >= 15 is 0 Å². The summed E-state index contributed by atoms with van der Waals surface area (Å²) >= 11 is 0. The highest BCUT2D eigenvalue weighted by Crippen LogP contribution is 2.17. The molecule has 0 spiro atoms. The number of ether oxygens (including phenoxy) is 1. The minimum atomic E-state index is -4.10. The molecule has 0 saturated carbocycles. The Labute approximate surface area is 231 Å². The van der Waals surface area contributed by atoms with Crippen LogP contribution in [0.25, 0.3) is 0 Å². The molecule has 2 aromatic carbocycles. The van der Waals surface area contributed by atoms with Gasteiger partial charge in [-0.2, -0.15) is 0 Å². The molecule has 1 aromatic heterocycles. The molecule has 0 fully saturated rings. The van der Waals surface area contributed by atoms with E-state index in [0.29, 0.717) is 5.56 Å². The monoisotopic (exact) mass is 567 g/mol. The van der Waals surface area contributed by atoms with Crippen molar-refractivity contribution >= 4 is 39.5 Å². The van der Waals surface area contributed by atoms with E-state index in [4.69, 9.17) is 4.74 Å². The molecule has 1 heterocycles. The summed E-state index contributed by atoms with van der Waals surface area (Å²) in [5, 5.41) is 7.53. The lowest BCUT2D eigenvalue weighted by molar-refractivity contribution is -0.143. The van der Waals surface area contributed by atoms with Gasteiger partial charge in [0, 0.05) is 23.6 Å². The third-order valence-corrected chi connectivity index (χ3v) is 6.80. The average molecular weight is 568 g/mol. The average Bonchev–Trinajstić information content (AvgIpc) is 2.92. The lowest BCUT2D eigenvalue weighted by Gasteiger charge is -2.18. The number of urea groups is 1. The fourth-order valence-electron chi connectivity index (χ4n) is 3.52. The summed E-state index contributed by atoms with van der Waals surface area (Å²) in [6, 6.07) is 13.3. The van der Waals surface area contributed by atoms with Crippen LogP contribution in [0.3, 0.4) is 0 Å². The highest BCUT2D eigenvalue weighted by atomic mass is 32.2. The van der Waals surface area contributed by atoms with Crippen molar-refractivity contribution in [1.29, 1.82) is 0 Å². The summed E-state index contributed by atoms with van der Waals surface area (Å²) in [6.07, 6.45) is 2.96. The molecule has 0 saturated heterocycles. The van der Waals surface area contributed by atoms with E-state index in [9.17, 15) is 27.6 Å². The van der Waals surface area contributed by atoms with Gasteiger partial charge in [-0.15, -0.1) is 0 Å². The second-order valence-corrected chi connectivity index (χ2v) is 10.2. The summed E-state index contributed by atoms with van der Waals surface area (Å²) in [4.78, 5) is 53.4. The zero-order chi connectivity index (χ0) is 29.1. The Morgan fingerprint density at radius 1 is 1.00 bits per heavy atom. The molecule has 4 N–H and O–H groups in total. The Bertz CT molecular complexity index is 1460. The largest absolute Gasteiger partial charge is 0.466 e. The van der Waals surface area contributed by atoms with Crippen molar-refractivity contribution in [2.24, 2.45) is 0 Å². The predicted molar refractivity (Wildman–Crippen MR) is 146 cm³/mol. The molecule has 0 bridgehead atoms. The number of pyridine rings is 1. The first-order chi connectivity index (χ1) is 19.1. The Kier molecular flexibility index (Phi) is 10.3. The molecule has 1 unspecified atom stereocenters. The van der Waals surface area contributed by atoms with Crippen molar-refractivity contribution in [1.82, 2.24) is 20.3 Å².